The van der Waals surface area contributed by atoms with E-state index in [1.165, 1.54) is 6.07 Å². The van der Waals surface area contributed by atoms with Crippen LogP contribution in [0.4, 0.5) is 4.39 Å². The van der Waals surface area contributed by atoms with Crippen molar-refractivity contribution in [3.63, 3.8) is 0 Å². The van der Waals surface area contributed by atoms with Crippen LogP contribution in [0.2, 0.25) is 5.02 Å². The quantitative estimate of drug-likeness (QED) is 0.457. The Morgan fingerprint density at radius 1 is 1.56 bits per heavy atom. The molecular formula is C12H16ClFN2. The molecule has 1 unspecified atom stereocenters. The van der Waals surface area contributed by atoms with Gasteiger partial charge in [-0.05, 0) is 31.4 Å². The van der Waals surface area contributed by atoms with Gasteiger partial charge in [-0.15, -0.1) is 6.58 Å². The number of nitrogens with one attached hydrogen (secondary N) is 1. The molecule has 3 N–H and O–H groups in total. The number of allylic oxidation sites excluding steroid dienone is 1. The van der Waals surface area contributed by atoms with Crippen molar-refractivity contribution in [3.8, 4) is 0 Å². The van der Waals surface area contributed by atoms with Crippen LogP contribution in [-0.4, -0.2) is 6.04 Å². The minimum Gasteiger partial charge on any atom is -0.271 e. The van der Waals surface area contributed by atoms with Crippen LogP contribution in [0.25, 0.3) is 0 Å². The van der Waals surface area contributed by atoms with Gasteiger partial charge < -0.3 is 0 Å². The molecule has 1 aromatic rings. The van der Waals surface area contributed by atoms with Crippen molar-refractivity contribution in [1.82, 2.24) is 5.43 Å². The summed E-state index contributed by atoms with van der Waals surface area (Å²) >= 11 is 5.94. The molecule has 0 aromatic heterocycles. The zero-order chi connectivity index (χ0) is 12.0. The molecular weight excluding hydrogens is 227 g/mol. The maximum Gasteiger partial charge on any atom is 0.127 e. The van der Waals surface area contributed by atoms with Gasteiger partial charge in [-0.2, -0.15) is 0 Å². The van der Waals surface area contributed by atoms with Gasteiger partial charge in [0.15, 0.2) is 0 Å². The zero-order valence-corrected chi connectivity index (χ0v) is 9.80. The molecule has 0 bridgehead atoms. The molecule has 0 fully saturated rings. The van der Waals surface area contributed by atoms with Gasteiger partial charge in [0.1, 0.15) is 5.82 Å². The van der Waals surface area contributed by atoms with Crippen molar-refractivity contribution in [3.05, 3.63) is 47.3 Å². The number of hydrogen-bond acceptors (Lipinski definition) is 2. The Labute approximate surface area is 100 Å². The van der Waals surface area contributed by atoms with E-state index in [0.29, 0.717) is 17.0 Å². The molecule has 0 saturated carbocycles. The molecule has 0 radical (unpaired) electrons. The lowest BCUT2D eigenvalue weighted by molar-refractivity contribution is 0.483. The lowest BCUT2D eigenvalue weighted by Gasteiger charge is -2.16. The molecule has 0 spiro atoms. The SMILES string of the molecule is C=CCCC(Cc1c(F)cccc1Cl)NN. The predicted molar refractivity (Wildman–Crippen MR) is 65.7 cm³/mol. The lowest BCUT2D eigenvalue weighted by atomic mass is 10.0. The Kier molecular flexibility index (Phi) is 5.46. The van der Waals surface area contributed by atoms with Gasteiger partial charge in [0.2, 0.25) is 0 Å². The Bertz CT molecular complexity index is 335. The highest BCUT2D eigenvalue weighted by Crippen LogP contribution is 2.21. The number of hydrazine groups is 1. The van der Waals surface area contributed by atoms with Crippen LogP contribution in [0.1, 0.15) is 18.4 Å². The zero-order valence-electron chi connectivity index (χ0n) is 9.05. The number of nitrogens with two attached hydrogens (primary N) is 1. The van der Waals surface area contributed by atoms with Gasteiger partial charge in [-0.3, -0.25) is 11.3 Å². The summed E-state index contributed by atoms with van der Waals surface area (Å²) in [6, 6.07) is 4.69. The maximum absolute atomic E-state index is 13.5. The smallest absolute Gasteiger partial charge is 0.127 e. The van der Waals surface area contributed by atoms with E-state index in [4.69, 9.17) is 17.4 Å². The van der Waals surface area contributed by atoms with Crippen molar-refractivity contribution in [2.45, 2.75) is 25.3 Å². The topological polar surface area (TPSA) is 38.0 Å². The van der Waals surface area contributed by atoms with E-state index in [2.05, 4.69) is 12.0 Å². The molecule has 1 aromatic carbocycles. The average molecular weight is 243 g/mol. The number of hydrogen-bond donors (Lipinski definition) is 2. The summed E-state index contributed by atoms with van der Waals surface area (Å²) < 4.78 is 13.5. The van der Waals surface area contributed by atoms with Crippen LogP contribution in [-0.2, 0) is 6.42 Å². The van der Waals surface area contributed by atoms with E-state index in [-0.39, 0.29) is 11.9 Å². The second kappa shape index (κ2) is 6.63. The molecule has 0 aliphatic carbocycles. The summed E-state index contributed by atoms with van der Waals surface area (Å²) in [4.78, 5) is 0. The van der Waals surface area contributed by atoms with Gasteiger partial charge in [0.05, 0.1) is 0 Å². The maximum atomic E-state index is 13.5. The first-order chi connectivity index (χ1) is 7.69. The fourth-order valence-corrected chi connectivity index (χ4v) is 1.78. The first kappa shape index (κ1) is 13.2. The van der Waals surface area contributed by atoms with Gasteiger partial charge in [0.25, 0.3) is 0 Å². The molecule has 16 heavy (non-hydrogen) atoms. The van der Waals surface area contributed by atoms with E-state index >= 15 is 0 Å². The molecule has 0 saturated heterocycles. The summed E-state index contributed by atoms with van der Waals surface area (Å²) in [5.41, 5.74) is 3.18. The highest BCUT2D eigenvalue weighted by atomic mass is 35.5. The van der Waals surface area contributed by atoms with Crippen molar-refractivity contribution in [2.24, 2.45) is 5.84 Å². The first-order valence-electron chi connectivity index (χ1n) is 5.19. The van der Waals surface area contributed by atoms with Gasteiger partial charge in [-0.25, -0.2) is 4.39 Å². The fourth-order valence-electron chi connectivity index (χ4n) is 1.54. The van der Waals surface area contributed by atoms with Crippen molar-refractivity contribution >= 4 is 11.6 Å². The van der Waals surface area contributed by atoms with Crippen LogP contribution in [0, 0.1) is 5.82 Å². The normalized spacial score (nSPS) is 12.4. The van der Waals surface area contributed by atoms with E-state index in [1.807, 2.05) is 6.08 Å². The average Bonchev–Trinajstić information content (AvgIpc) is 2.28. The first-order valence-corrected chi connectivity index (χ1v) is 5.56. The molecule has 2 nitrogen and oxygen atoms in total. The number of benzene rings is 1. The second-order valence-electron chi connectivity index (χ2n) is 3.63. The largest absolute Gasteiger partial charge is 0.271 e. The molecule has 88 valence electrons. The molecule has 4 heteroatoms. The molecule has 0 amide bonds. The van der Waals surface area contributed by atoms with Gasteiger partial charge in [0, 0.05) is 16.6 Å². The molecule has 1 atom stereocenters. The molecule has 0 heterocycles. The Morgan fingerprint density at radius 3 is 2.88 bits per heavy atom. The Balaban J connectivity index is 2.73. The molecule has 0 aliphatic heterocycles. The van der Waals surface area contributed by atoms with Gasteiger partial charge >= 0.3 is 0 Å². The van der Waals surface area contributed by atoms with Crippen molar-refractivity contribution in [1.29, 1.82) is 0 Å². The third-order valence-corrected chi connectivity index (χ3v) is 2.82. The van der Waals surface area contributed by atoms with E-state index in [9.17, 15) is 4.39 Å². The summed E-state index contributed by atoms with van der Waals surface area (Å²) in [6.45, 7) is 3.64. The molecule has 0 aliphatic rings. The predicted octanol–water partition coefficient (Wildman–Crippen LogP) is 2.82. The highest BCUT2D eigenvalue weighted by Gasteiger charge is 2.13. The number of halogens is 2. The minimum absolute atomic E-state index is 0.00685. The third kappa shape index (κ3) is 3.59. The molecule has 1 rings (SSSR count). The van der Waals surface area contributed by atoms with Crippen LogP contribution in [0.15, 0.2) is 30.9 Å². The summed E-state index contributed by atoms with van der Waals surface area (Å²) in [6.07, 6.45) is 3.94. The monoisotopic (exact) mass is 242 g/mol. The van der Waals surface area contributed by atoms with Crippen LogP contribution in [0.3, 0.4) is 0 Å². The van der Waals surface area contributed by atoms with Crippen LogP contribution in [0.5, 0.6) is 0 Å². The Morgan fingerprint density at radius 2 is 2.31 bits per heavy atom. The summed E-state index contributed by atoms with van der Waals surface area (Å²) in [5, 5.41) is 0.443. The van der Waals surface area contributed by atoms with E-state index in [0.717, 1.165) is 12.8 Å². The van der Waals surface area contributed by atoms with Crippen molar-refractivity contribution in [2.75, 3.05) is 0 Å². The number of rotatable bonds is 6. The third-order valence-electron chi connectivity index (χ3n) is 2.47. The van der Waals surface area contributed by atoms with E-state index in [1.54, 1.807) is 12.1 Å². The second-order valence-corrected chi connectivity index (χ2v) is 4.04. The van der Waals surface area contributed by atoms with Gasteiger partial charge in [-0.1, -0.05) is 23.7 Å². The standard InChI is InChI=1S/C12H16ClFN2/c1-2-3-5-9(16-15)8-10-11(13)6-4-7-12(10)14/h2,4,6-7,9,16H,1,3,5,8,15H2. The minimum atomic E-state index is -0.286. The summed E-state index contributed by atoms with van der Waals surface area (Å²) in [7, 11) is 0. The fraction of sp³-hybridized carbons (Fsp3) is 0.333. The van der Waals surface area contributed by atoms with Crippen LogP contribution >= 0.6 is 11.6 Å². The Hall–Kier alpha value is -0.900. The summed E-state index contributed by atoms with van der Waals surface area (Å²) in [5.74, 6) is 5.13. The highest BCUT2D eigenvalue weighted by molar-refractivity contribution is 6.31. The lowest BCUT2D eigenvalue weighted by Crippen LogP contribution is -2.36. The van der Waals surface area contributed by atoms with Crippen LogP contribution < -0.4 is 11.3 Å². The van der Waals surface area contributed by atoms with Crippen molar-refractivity contribution < 1.29 is 4.39 Å². The van der Waals surface area contributed by atoms with E-state index < -0.39 is 0 Å².